The number of amides is 1. The van der Waals surface area contributed by atoms with Gasteiger partial charge in [0.05, 0.1) is 0 Å². The van der Waals surface area contributed by atoms with E-state index in [1.165, 1.54) is 0 Å². The maximum Gasteiger partial charge on any atom is 0.225 e. The van der Waals surface area contributed by atoms with Gasteiger partial charge in [0, 0.05) is 24.2 Å². The zero-order valence-corrected chi connectivity index (χ0v) is 10.4. The molecule has 1 aliphatic heterocycles. The number of fused-ring (bicyclic) bond motifs is 1. The van der Waals surface area contributed by atoms with E-state index in [9.17, 15) is 4.79 Å². The second kappa shape index (κ2) is 5.73. The summed E-state index contributed by atoms with van der Waals surface area (Å²) >= 11 is 0. The Balaban J connectivity index is 1.99. The lowest BCUT2D eigenvalue weighted by atomic mass is 10.1. The third kappa shape index (κ3) is 3.13. The van der Waals surface area contributed by atoms with Gasteiger partial charge in [-0.05, 0) is 18.6 Å². The molecule has 0 aliphatic carbocycles. The molecule has 5 heteroatoms. The molecule has 0 spiro atoms. The molecular weight excluding hydrogens is 232 g/mol. The van der Waals surface area contributed by atoms with Gasteiger partial charge in [0.25, 0.3) is 0 Å². The number of hydrogen-bond donors (Lipinski definition) is 2. The molecular formula is C13H18N2O3. The van der Waals surface area contributed by atoms with Crippen molar-refractivity contribution >= 4 is 11.6 Å². The molecule has 0 fully saturated rings. The number of carbonyl (C=O) groups is 1. The highest BCUT2D eigenvalue weighted by Gasteiger charge is 2.13. The van der Waals surface area contributed by atoms with Crippen molar-refractivity contribution in [1.29, 1.82) is 0 Å². The van der Waals surface area contributed by atoms with Crippen LogP contribution in [-0.4, -0.2) is 25.2 Å². The van der Waals surface area contributed by atoms with Crippen molar-refractivity contribution in [2.24, 2.45) is 5.73 Å². The van der Waals surface area contributed by atoms with E-state index in [-0.39, 0.29) is 11.9 Å². The lowest BCUT2D eigenvalue weighted by Crippen LogP contribution is -2.26. The lowest BCUT2D eigenvalue weighted by molar-refractivity contribution is -0.116. The minimum atomic E-state index is -0.0952. The van der Waals surface area contributed by atoms with Crippen molar-refractivity contribution in [3.8, 4) is 11.5 Å². The quantitative estimate of drug-likeness (QED) is 0.849. The Labute approximate surface area is 106 Å². The molecule has 0 saturated carbocycles. The van der Waals surface area contributed by atoms with E-state index in [2.05, 4.69) is 5.32 Å². The van der Waals surface area contributed by atoms with E-state index in [1.54, 1.807) is 18.2 Å². The second-order valence-corrected chi connectivity index (χ2v) is 4.28. The van der Waals surface area contributed by atoms with Gasteiger partial charge in [0.1, 0.15) is 13.2 Å². The number of nitrogens with two attached hydrogens (primary N) is 1. The number of benzene rings is 1. The Kier molecular flexibility index (Phi) is 4.04. The van der Waals surface area contributed by atoms with E-state index in [0.29, 0.717) is 36.8 Å². The SMILES string of the molecule is CCC(N)CC(=O)Nc1ccc2c(c1)OCCO2. The molecule has 18 heavy (non-hydrogen) atoms. The van der Waals surface area contributed by atoms with Crippen LogP contribution < -0.4 is 20.5 Å². The van der Waals surface area contributed by atoms with Crippen LogP contribution in [-0.2, 0) is 4.79 Å². The predicted molar refractivity (Wildman–Crippen MR) is 68.9 cm³/mol. The minimum Gasteiger partial charge on any atom is -0.486 e. The van der Waals surface area contributed by atoms with Crippen LogP contribution in [0.1, 0.15) is 19.8 Å². The molecule has 0 bridgehead atoms. The highest BCUT2D eigenvalue weighted by molar-refractivity contribution is 5.91. The van der Waals surface area contributed by atoms with Crippen molar-refractivity contribution in [3.05, 3.63) is 18.2 Å². The molecule has 1 aliphatic rings. The largest absolute Gasteiger partial charge is 0.486 e. The Hall–Kier alpha value is -1.75. The molecule has 5 nitrogen and oxygen atoms in total. The standard InChI is InChI=1S/C13H18N2O3/c1-2-9(14)7-13(16)15-10-3-4-11-12(8-10)18-6-5-17-11/h3-4,8-9H,2,5-7,14H2,1H3,(H,15,16). The summed E-state index contributed by atoms with van der Waals surface area (Å²) in [6, 6.07) is 5.26. The summed E-state index contributed by atoms with van der Waals surface area (Å²) in [6.07, 6.45) is 1.11. The van der Waals surface area contributed by atoms with E-state index in [0.717, 1.165) is 6.42 Å². The monoisotopic (exact) mass is 250 g/mol. The number of ether oxygens (including phenoxy) is 2. The summed E-state index contributed by atoms with van der Waals surface area (Å²) in [6.45, 7) is 3.05. The molecule has 1 amide bonds. The van der Waals surface area contributed by atoms with Crippen molar-refractivity contribution < 1.29 is 14.3 Å². The van der Waals surface area contributed by atoms with Crippen molar-refractivity contribution in [3.63, 3.8) is 0 Å². The van der Waals surface area contributed by atoms with Crippen molar-refractivity contribution in [1.82, 2.24) is 0 Å². The van der Waals surface area contributed by atoms with Crippen LogP contribution in [0.15, 0.2) is 18.2 Å². The molecule has 1 heterocycles. The van der Waals surface area contributed by atoms with Gasteiger partial charge < -0.3 is 20.5 Å². The van der Waals surface area contributed by atoms with Crippen LogP contribution >= 0.6 is 0 Å². The Morgan fingerprint density at radius 1 is 1.39 bits per heavy atom. The molecule has 2 rings (SSSR count). The molecule has 1 unspecified atom stereocenters. The van der Waals surface area contributed by atoms with Crippen molar-refractivity contribution in [2.45, 2.75) is 25.8 Å². The van der Waals surface area contributed by atoms with Gasteiger partial charge >= 0.3 is 0 Å². The first-order valence-electron chi connectivity index (χ1n) is 6.14. The van der Waals surface area contributed by atoms with Gasteiger partial charge in [0.15, 0.2) is 11.5 Å². The molecule has 1 atom stereocenters. The van der Waals surface area contributed by atoms with Gasteiger partial charge in [0.2, 0.25) is 5.91 Å². The van der Waals surface area contributed by atoms with Crippen LogP contribution in [0.2, 0.25) is 0 Å². The zero-order chi connectivity index (χ0) is 13.0. The Morgan fingerprint density at radius 3 is 2.83 bits per heavy atom. The van der Waals surface area contributed by atoms with Gasteiger partial charge in [-0.1, -0.05) is 6.92 Å². The molecule has 0 radical (unpaired) electrons. The average Bonchev–Trinajstić information content (AvgIpc) is 2.38. The molecule has 0 saturated heterocycles. The number of carbonyl (C=O) groups excluding carboxylic acids is 1. The van der Waals surface area contributed by atoms with Crippen molar-refractivity contribution in [2.75, 3.05) is 18.5 Å². The summed E-state index contributed by atoms with van der Waals surface area (Å²) in [5.74, 6) is 1.30. The fourth-order valence-corrected chi connectivity index (χ4v) is 1.72. The molecule has 0 aromatic heterocycles. The summed E-state index contributed by atoms with van der Waals surface area (Å²) in [7, 11) is 0. The Morgan fingerprint density at radius 2 is 2.11 bits per heavy atom. The average molecular weight is 250 g/mol. The third-order valence-corrected chi connectivity index (χ3v) is 2.80. The summed E-state index contributed by atoms with van der Waals surface area (Å²) in [5, 5.41) is 2.80. The summed E-state index contributed by atoms with van der Waals surface area (Å²) < 4.78 is 10.9. The maximum atomic E-state index is 11.7. The van der Waals surface area contributed by atoms with Gasteiger partial charge in [-0.15, -0.1) is 0 Å². The minimum absolute atomic E-state index is 0.0824. The fourth-order valence-electron chi connectivity index (χ4n) is 1.72. The number of rotatable bonds is 4. The summed E-state index contributed by atoms with van der Waals surface area (Å²) in [5.41, 5.74) is 6.43. The lowest BCUT2D eigenvalue weighted by Gasteiger charge is -2.19. The van der Waals surface area contributed by atoms with E-state index >= 15 is 0 Å². The summed E-state index contributed by atoms with van der Waals surface area (Å²) in [4.78, 5) is 11.7. The van der Waals surface area contributed by atoms with Crippen LogP contribution in [0.25, 0.3) is 0 Å². The normalized spacial score (nSPS) is 15.0. The Bertz CT molecular complexity index is 434. The van der Waals surface area contributed by atoms with E-state index in [1.807, 2.05) is 6.92 Å². The number of nitrogens with one attached hydrogen (secondary N) is 1. The highest BCUT2D eigenvalue weighted by atomic mass is 16.6. The van der Waals surface area contributed by atoms with Crippen LogP contribution in [0.5, 0.6) is 11.5 Å². The van der Waals surface area contributed by atoms with Gasteiger partial charge in [-0.2, -0.15) is 0 Å². The van der Waals surface area contributed by atoms with E-state index in [4.69, 9.17) is 15.2 Å². The molecule has 3 N–H and O–H groups in total. The first kappa shape index (κ1) is 12.7. The second-order valence-electron chi connectivity index (χ2n) is 4.28. The number of hydrogen-bond acceptors (Lipinski definition) is 4. The zero-order valence-electron chi connectivity index (χ0n) is 10.4. The first-order valence-corrected chi connectivity index (χ1v) is 6.14. The third-order valence-electron chi connectivity index (χ3n) is 2.80. The van der Waals surface area contributed by atoms with Gasteiger partial charge in [-0.25, -0.2) is 0 Å². The molecule has 98 valence electrons. The van der Waals surface area contributed by atoms with Gasteiger partial charge in [-0.3, -0.25) is 4.79 Å². The van der Waals surface area contributed by atoms with E-state index < -0.39 is 0 Å². The molecule has 1 aromatic carbocycles. The first-order chi connectivity index (χ1) is 8.69. The smallest absolute Gasteiger partial charge is 0.225 e. The predicted octanol–water partition coefficient (Wildman–Crippen LogP) is 1.52. The maximum absolute atomic E-state index is 11.7. The topological polar surface area (TPSA) is 73.6 Å². The fraction of sp³-hybridized carbons (Fsp3) is 0.462. The van der Waals surface area contributed by atoms with Crippen LogP contribution in [0.4, 0.5) is 5.69 Å². The molecule has 1 aromatic rings. The number of anilines is 1. The van der Waals surface area contributed by atoms with Crippen LogP contribution in [0.3, 0.4) is 0 Å². The van der Waals surface area contributed by atoms with Crippen LogP contribution in [0, 0.1) is 0 Å². The highest BCUT2D eigenvalue weighted by Crippen LogP contribution is 2.32.